The normalized spacial score (nSPS) is 29.2. The van der Waals surface area contributed by atoms with Crippen LogP contribution in [0.1, 0.15) is 44.3 Å². The van der Waals surface area contributed by atoms with Gasteiger partial charge in [-0.15, -0.1) is 0 Å². The summed E-state index contributed by atoms with van der Waals surface area (Å²) in [6.45, 7) is 6.04. The third kappa shape index (κ3) is 4.87. The van der Waals surface area contributed by atoms with Crippen molar-refractivity contribution in [1.29, 1.82) is 0 Å². The third-order valence-corrected chi connectivity index (χ3v) is 7.20. The van der Waals surface area contributed by atoms with Crippen LogP contribution >= 0.6 is 7.82 Å². The van der Waals surface area contributed by atoms with Crippen molar-refractivity contribution in [3.63, 3.8) is 0 Å². The van der Waals surface area contributed by atoms with Crippen LogP contribution in [0.15, 0.2) is 35.3 Å². The Hall–Kier alpha value is -2.90. The molecule has 0 bridgehead atoms. The standard InChI is InChI=1S/C22H24F2N3O9P/c1-11(2)35-37(30)31-10-15-17(36-37)22(23,24)19(32-15)27-8-7-16(26-20(27)29)25-18(28)12-5-6-13-14(9-12)34-21(3,4)33-13/h5-9,11,15,17,19H,10H2,1-4H3,(H,25,26,28,29)/t15-,17-,19?,37?/m1/s1. The van der Waals surface area contributed by atoms with E-state index in [0.29, 0.717) is 16.1 Å². The molecule has 2 saturated heterocycles. The highest BCUT2D eigenvalue weighted by Crippen LogP contribution is 2.60. The van der Waals surface area contributed by atoms with E-state index in [4.69, 9.17) is 27.8 Å². The number of fused-ring (bicyclic) bond motifs is 2. The molecule has 1 N–H and O–H groups in total. The molecule has 0 saturated carbocycles. The van der Waals surface area contributed by atoms with Crippen LogP contribution in [0.25, 0.3) is 0 Å². The Kier molecular flexibility index (Phi) is 6.15. The molecule has 0 spiro atoms. The number of ether oxygens (including phenoxy) is 3. The number of alkyl halides is 2. The summed E-state index contributed by atoms with van der Waals surface area (Å²) in [6.07, 6.45) is -4.99. The zero-order valence-corrected chi connectivity index (χ0v) is 21.1. The van der Waals surface area contributed by atoms with Crippen molar-refractivity contribution in [2.45, 2.75) is 63.9 Å². The Morgan fingerprint density at radius 1 is 1.24 bits per heavy atom. The van der Waals surface area contributed by atoms with E-state index in [0.717, 1.165) is 6.20 Å². The minimum Gasteiger partial charge on any atom is -0.449 e. The summed E-state index contributed by atoms with van der Waals surface area (Å²) in [7, 11) is -4.24. The molecule has 15 heteroatoms. The second-order valence-corrected chi connectivity index (χ2v) is 10.9. The van der Waals surface area contributed by atoms with E-state index in [1.165, 1.54) is 18.2 Å². The number of phosphoric acid groups is 1. The second kappa shape index (κ2) is 8.84. The number of nitrogens with one attached hydrogen (secondary N) is 1. The van der Waals surface area contributed by atoms with Gasteiger partial charge in [0.25, 0.3) is 5.91 Å². The number of rotatable bonds is 5. The SMILES string of the molecule is CC(C)OP1(=O)OC[C@H]2OC(n3ccc(NC(=O)c4ccc5c(c4)OC(C)(C)O5)nc3=O)C(F)(F)[C@@H]2O1. The monoisotopic (exact) mass is 543 g/mol. The molecule has 2 unspecified atom stereocenters. The molecular formula is C22H24F2N3O9P. The van der Waals surface area contributed by atoms with Crippen LogP contribution in [-0.2, 0) is 22.9 Å². The van der Waals surface area contributed by atoms with E-state index in [1.807, 2.05) is 0 Å². The van der Waals surface area contributed by atoms with Gasteiger partial charge in [-0.2, -0.15) is 13.8 Å². The molecule has 1 amide bonds. The quantitative estimate of drug-likeness (QED) is 0.558. The molecule has 4 heterocycles. The lowest BCUT2D eigenvalue weighted by molar-refractivity contribution is -0.139. The van der Waals surface area contributed by atoms with Crippen molar-refractivity contribution in [1.82, 2.24) is 9.55 Å². The number of nitrogens with zero attached hydrogens (tertiary/aromatic N) is 2. The van der Waals surface area contributed by atoms with Gasteiger partial charge >= 0.3 is 19.4 Å². The summed E-state index contributed by atoms with van der Waals surface area (Å²) in [4.78, 5) is 29.0. The molecular weight excluding hydrogens is 519 g/mol. The molecule has 2 aromatic rings. The lowest BCUT2D eigenvalue weighted by atomic mass is 10.1. The summed E-state index contributed by atoms with van der Waals surface area (Å²) in [5, 5.41) is 2.44. The van der Waals surface area contributed by atoms with E-state index in [9.17, 15) is 14.2 Å². The van der Waals surface area contributed by atoms with Gasteiger partial charge in [-0.25, -0.2) is 9.36 Å². The zero-order valence-electron chi connectivity index (χ0n) is 20.2. The molecule has 4 atom stereocenters. The van der Waals surface area contributed by atoms with Crippen LogP contribution in [0, 0.1) is 0 Å². The molecule has 3 aliphatic rings. The maximum Gasteiger partial charge on any atom is 0.475 e. The van der Waals surface area contributed by atoms with Crippen molar-refractivity contribution in [2.75, 3.05) is 11.9 Å². The molecule has 0 radical (unpaired) electrons. The van der Waals surface area contributed by atoms with E-state index in [1.54, 1.807) is 33.8 Å². The molecule has 1 aromatic carbocycles. The number of benzene rings is 1. The molecule has 12 nitrogen and oxygen atoms in total. The highest BCUT2D eigenvalue weighted by Gasteiger charge is 2.65. The van der Waals surface area contributed by atoms with Gasteiger partial charge in [-0.3, -0.25) is 22.9 Å². The summed E-state index contributed by atoms with van der Waals surface area (Å²) >= 11 is 0. The lowest BCUT2D eigenvalue weighted by Crippen LogP contribution is -2.45. The van der Waals surface area contributed by atoms with Crippen molar-refractivity contribution in [3.05, 3.63) is 46.5 Å². The number of anilines is 1. The largest absolute Gasteiger partial charge is 0.475 e. The minimum atomic E-state index is -4.24. The van der Waals surface area contributed by atoms with Gasteiger partial charge in [0.15, 0.2) is 17.6 Å². The van der Waals surface area contributed by atoms with Crippen LogP contribution in [0.5, 0.6) is 11.5 Å². The molecule has 37 heavy (non-hydrogen) atoms. The number of aromatic nitrogens is 2. The van der Waals surface area contributed by atoms with Gasteiger partial charge in [-0.05, 0) is 38.1 Å². The Labute approximate surface area is 209 Å². The molecule has 5 rings (SSSR count). The molecule has 1 aromatic heterocycles. The Morgan fingerprint density at radius 2 is 1.97 bits per heavy atom. The third-order valence-electron chi connectivity index (χ3n) is 5.57. The number of hydrogen-bond acceptors (Lipinski definition) is 10. The first kappa shape index (κ1) is 25.7. The van der Waals surface area contributed by atoms with E-state index in [-0.39, 0.29) is 11.4 Å². The maximum absolute atomic E-state index is 15.2. The van der Waals surface area contributed by atoms with Crippen molar-refractivity contribution in [3.8, 4) is 11.5 Å². The molecule has 3 aliphatic heterocycles. The average Bonchev–Trinajstić information content (AvgIpc) is 3.23. The summed E-state index contributed by atoms with van der Waals surface area (Å²) in [5.41, 5.74) is -0.915. The van der Waals surface area contributed by atoms with Crippen LogP contribution in [0.4, 0.5) is 14.6 Å². The Bertz CT molecular complexity index is 1350. The van der Waals surface area contributed by atoms with E-state index < -0.39 is 62.3 Å². The fourth-order valence-electron chi connectivity index (χ4n) is 4.09. The van der Waals surface area contributed by atoms with Gasteiger partial charge in [0.1, 0.15) is 11.9 Å². The van der Waals surface area contributed by atoms with Gasteiger partial charge in [-0.1, -0.05) is 0 Å². The fourth-order valence-corrected chi connectivity index (χ4v) is 5.66. The second-order valence-electron chi connectivity index (χ2n) is 9.35. The highest BCUT2D eigenvalue weighted by atomic mass is 31.2. The number of halogens is 2. The number of carbonyl (C=O) groups excluding carboxylic acids is 1. The number of carbonyl (C=O) groups is 1. The maximum atomic E-state index is 15.2. The fraction of sp³-hybridized carbons (Fsp3) is 0.500. The van der Waals surface area contributed by atoms with Crippen molar-refractivity contribution in [2.24, 2.45) is 0 Å². The topological polar surface area (TPSA) is 136 Å². The van der Waals surface area contributed by atoms with Gasteiger partial charge < -0.3 is 19.5 Å². The van der Waals surface area contributed by atoms with Gasteiger partial charge in [0.2, 0.25) is 12.0 Å². The highest BCUT2D eigenvalue weighted by molar-refractivity contribution is 7.48. The van der Waals surface area contributed by atoms with Crippen LogP contribution in [0.3, 0.4) is 0 Å². The van der Waals surface area contributed by atoms with Gasteiger partial charge in [0, 0.05) is 25.6 Å². The summed E-state index contributed by atoms with van der Waals surface area (Å²) < 4.78 is 75.2. The number of phosphoric ester groups is 1. The zero-order chi connectivity index (χ0) is 26.8. The van der Waals surface area contributed by atoms with E-state index >= 15 is 8.78 Å². The van der Waals surface area contributed by atoms with Crippen molar-refractivity contribution < 1.29 is 45.9 Å². The lowest BCUT2D eigenvalue weighted by Gasteiger charge is -2.32. The van der Waals surface area contributed by atoms with Crippen molar-refractivity contribution >= 4 is 19.5 Å². The van der Waals surface area contributed by atoms with Crippen LogP contribution < -0.4 is 20.5 Å². The van der Waals surface area contributed by atoms with Gasteiger partial charge in [0.05, 0.1) is 12.7 Å². The number of hydrogen-bond donors (Lipinski definition) is 1. The Morgan fingerprint density at radius 3 is 2.68 bits per heavy atom. The Balaban J connectivity index is 1.32. The summed E-state index contributed by atoms with van der Waals surface area (Å²) in [6, 6.07) is 5.71. The average molecular weight is 543 g/mol. The summed E-state index contributed by atoms with van der Waals surface area (Å²) in [5.74, 6) is -4.58. The molecule has 2 fully saturated rings. The van der Waals surface area contributed by atoms with E-state index in [2.05, 4.69) is 10.3 Å². The minimum absolute atomic E-state index is 0.169. The smallest absolute Gasteiger partial charge is 0.449 e. The molecule has 0 aliphatic carbocycles. The molecule has 200 valence electrons. The first-order valence-corrected chi connectivity index (χ1v) is 12.8. The number of amides is 1. The van der Waals surface area contributed by atoms with Crippen LogP contribution in [-0.4, -0.2) is 52.1 Å². The first-order chi connectivity index (χ1) is 17.3. The predicted octanol–water partition coefficient (Wildman–Crippen LogP) is 3.48. The first-order valence-electron chi connectivity index (χ1n) is 11.3. The van der Waals surface area contributed by atoms with Crippen LogP contribution in [0.2, 0.25) is 0 Å². The predicted molar refractivity (Wildman–Crippen MR) is 122 cm³/mol.